The van der Waals surface area contributed by atoms with E-state index in [1.54, 1.807) is 11.1 Å². The van der Waals surface area contributed by atoms with Crippen LogP contribution in [-0.2, 0) is 17.6 Å². The minimum Gasteiger partial charge on any atom is -0.465 e. The van der Waals surface area contributed by atoms with Crippen LogP contribution in [0.5, 0.6) is 0 Å². The summed E-state index contributed by atoms with van der Waals surface area (Å²) in [6.45, 7) is 4.30. The maximum absolute atomic E-state index is 12.0. The summed E-state index contributed by atoms with van der Waals surface area (Å²) in [6.07, 6.45) is 10.0. The highest BCUT2D eigenvalue weighted by Gasteiger charge is 2.49. The standard InChI is InChI=1S/C20H24O2/c1-4-14-7-9-17-13-20(17,11-14)12-15-6-8-16(5-2)18(10-15)19(21)22-3/h6-10H,4-5,11-13H2,1-3H3. The van der Waals surface area contributed by atoms with Gasteiger partial charge in [0.15, 0.2) is 0 Å². The monoisotopic (exact) mass is 296 g/mol. The van der Waals surface area contributed by atoms with Crippen molar-refractivity contribution in [2.75, 3.05) is 7.11 Å². The van der Waals surface area contributed by atoms with E-state index in [1.165, 1.54) is 25.5 Å². The number of hydrogen-bond donors (Lipinski definition) is 0. The lowest BCUT2D eigenvalue weighted by Crippen LogP contribution is -2.11. The van der Waals surface area contributed by atoms with Crippen LogP contribution in [0.15, 0.2) is 41.5 Å². The van der Waals surface area contributed by atoms with Gasteiger partial charge in [-0.25, -0.2) is 4.79 Å². The molecule has 1 atom stereocenters. The Morgan fingerprint density at radius 3 is 2.68 bits per heavy atom. The summed E-state index contributed by atoms with van der Waals surface area (Å²) in [5.41, 5.74) is 6.49. The van der Waals surface area contributed by atoms with Gasteiger partial charge >= 0.3 is 5.97 Å². The van der Waals surface area contributed by atoms with E-state index < -0.39 is 0 Å². The molecule has 0 bridgehead atoms. The number of rotatable bonds is 5. The molecule has 0 N–H and O–H groups in total. The van der Waals surface area contributed by atoms with Gasteiger partial charge in [0.2, 0.25) is 0 Å². The summed E-state index contributed by atoms with van der Waals surface area (Å²) in [5.74, 6) is -0.222. The SMILES string of the molecule is CCC1=CC=C2CC2(Cc2ccc(CC)c(C(=O)OC)c2)C1. The molecular formula is C20H24O2. The van der Waals surface area contributed by atoms with Crippen molar-refractivity contribution in [1.29, 1.82) is 0 Å². The molecule has 0 amide bonds. The maximum atomic E-state index is 12.0. The van der Waals surface area contributed by atoms with Gasteiger partial charge < -0.3 is 4.74 Å². The number of hydrogen-bond acceptors (Lipinski definition) is 2. The molecule has 1 fully saturated rings. The van der Waals surface area contributed by atoms with E-state index in [0.29, 0.717) is 5.41 Å². The van der Waals surface area contributed by atoms with Gasteiger partial charge in [0.25, 0.3) is 0 Å². The molecule has 22 heavy (non-hydrogen) atoms. The molecule has 116 valence electrons. The van der Waals surface area contributed by atoms with E-state index in [0.717, 1.165) is 30.4 Å². The van der Waals surface area contributed by atoms with Gasteiger partial charge in [0.05, 0.1) is 12.7 Å². The Morgan fingerprint density at radius 2 is 2.00 bits per heavy atom. The zero-order chi connectivity index (χ0) is 15.7. The van der Waals surface area contributed by atoms with Crippen LogP contribution in [0.1, 0.15) is 54.6 Å². The Balaban J connectivity index is 1.84. The number of ether oxygens (including phenoxy) is 1. The van der Waals surface area contributed by atoms with E-state index >= 15 is 0 Å². The average Bonchev–Trinajstić information content (AvgIpc) is 3.26. The number of carbonyl (C=O) groups excluding carboxylic acids is 1. The molecule has 1 saturated carbocycles. The van der Waals surface area contributed by atoms with Gasteiger partial charge in [-0.1, -0.05) is 49.3 Å². The third-order valence-corrected chi connectivity index (χ3v) is 5.13. The number of carbonyl (C=O) groups is 1. The van der Waals surface area contributed by atoms with E-state index in [2.05, 4.69) is 38.1 Å². The Bertz CT molecular complexity index is 666. The second kappa shape index (κ2) is 5.75. The largest absolute Gasteiger partial charge is 0.465 e. The molecule has 3 rings (SSSR count). The first-order valence-electron chi connectivity index (χ1n) is 8.21. The first kappa shape index (κ1) is 15.1. The Hall–Kier alpha value is -1.83. The van der Waals surface area contributed by atoms with Crippen LogP contribution in [-0.4, -0.2) is 13.1 Å². The molecule has 2 heteroatoms. The number of allylic oxidation sites excluding steroid dienone is 4. The van der Waals surface area contributed by atoms with Crippen LogP contribution in [0.2, 0.25) is 0 Å². The maximum Gasteiger partial charge on any atom is 0.338 e. The van der Waals surface area contributed by atoms with Crippen LogP contribution in [0.25, 0.3) is 0 Å². The topological polar surface area (TPSA) is 26.3 Å². The highest BCUT2D eigenvalue weighted by molar-refractivity contribution is 5.91. The normalized spacial score (nSPS) is 22.5. The second-order valence-corrected chi connectivity index (χ2v) is 6.52. The lowest BCUT2D eigenvalue weighted by Gasteiger charge is -2.20. The number of esters is 1. The van der Waals surface area contributed by atoms with Crippen molar-refractivity contribution >= 4 is 5.97 Å². The molecule has 0 heterocycles. The molecule has 1 unspecified atom stereocenters. The summed E-state index contributed by atoms with van der Waals surface area (Å²) in [6, 6.07) is 6.31. The van der Waals surface area contributed by atoms with Crippen molar-refractivity contribution in [2.24, 2.45) is 5.41 Å². The highest BCUT2D eigenvalue weighted by atomic mass is 16.5. The molecule has 0 saturated heterocycles. The van der Waals surface area contributed by atoms with E-state index in [4.69, 9.17) is 4.74 Å². The molecule has 1 aromatic rings. The summed E-state index contributed by atoms with van der Waals surface area (Å²) in [7, 11) is 1.45. The molecule has 0 spiro atoms. The minimum absolute atomic E-state index is 0.222. The van der Waals surface area contributed by atoms with Crippen molar-refractivity contribution in [3.05, 3.63) is 58.2 Å². The van der Waals surface area contributed by atoms with Gasteiger partial charge in [-0.2, -0.15) is 0 Å². The van der Waals surface area contributed by atoms with Crippen LogP contribution in [0, 0.1) is 5.41 Å². The summed E-state index contributed by atoms with van der Waals surface area (Å²) < 4.78 is 4.93. The molecular weight excluding hydrogens is 272 g/mol. The molecule has 0 aliphatic heterocycles. The first-order chi connectivity index (χ1) is 10.6. The molecule has 0 aromatic heterocycles. The molecule has 2 nitrogen and oxygen atoms in total. The van der Waals surface area contributed by atoms with Crippen molar-refractivity contribution in [1.82, 2.24) is 0 Å². The predicted molar refractivity (Wildman–Crippen MR) is 89.0 cm³/mol. The van der Waals surface area contributed by atoms with Crippen molar-refractivity contribution < 1.29 is 9.53 Å². The quantitative estimate of drug-likeness (QED) is 0.740. The number of aryl methyl sites for hydroxylation is 1. The number of fused-ring (bicyclic) bond motifs is 1. The predicted octanol–water partition coefficient (Wildman–Crippen LogP) is 4.63. The van der Waals surface area contributed by atoms with Crippen molar-refractivity contribution in [3.63, 3.8) is 0 Å². The van der Waals surface area contributed by atoms with Crippen molar-refractivity contribution in [3.8, 4) is 0 Å². The van der Waals surface area contributed by atoms with Gasteiger partial charge in [0, 0.05) is 5.41 Å². The average molecular weight is 296 g/mol. The Morgan fingerprint density at radius 1 is 1.18 bits per heavy atom. The molecule has 2 aliphatic carbocycles. The van der Waals surface area contributed by atoms with Crippen LogP contribution < -0.4 is 0 Å². The first-order valence-corrected chi connectivity index (χ1v) is 8.21. The van der Waals surface area contributed by atoms with E-state index in [9.17, 15) is 4.79 Å². The molecule has 2 aliphatic rings. The molecule has 1 aromatic carbocycles. The van der Waals surface area contributed by atoms with Crippen molar-refractivity contribution in [2.45, 2.75) is 46.0 Å². The van der Waals surface area contributed by atoms with Gasteiger partial charge in [0.1, 0.15) is 0 Å². The lowest BCUT2D eigenvalue weighted by atomic mass is 9.84. The number of methoxy groups -OCH3 is 1. The lowest BCUT2D eigenvalue weighted by molar-refractivity contribution is 0.0599. The minimum atomic E-state index is -0.222. The summed E-state index contributed by atoms with van der Waals surface area (Å²) >= 11 is 0. The summed E-state index contributed by atoms with van der Waals surface area (Å²) in [4.78, 5) is 12.0. The van der Waals surface area contributed by atoms with Crippen LogP contribution in [0.4, 0.5) is 0 Å². The number of benzene rings is 1. The van der Waals surface area contributed by atoms with Crippen LogP contribution >= 0.6 is 0 Å². The fourth-order valence-corrected chi connectivity index (χ4v) is 3.66. The van der Waals surface area contributed by atoms with Gasteiger partial charge in [-0.15, -0.1) is 0 Å². The highest BCUT2D eigenvalue weighted by Crippen LogP contribution is 2.60. The smallest absolute Gasteiger partial charge is 0.338 e. The zero-order valence-electron chi connectivity index (χ0n) is 13.7. The molecule has 0 radical (unpaired) electrons. The van der Waals surface area contributed by atoms with E-state index in [1.807, 2.05) is 6.07 Å². The van der Waals surface area contributed by atoms with Crippen LogP contribution in [0.3, 0.4) is 0 Å². The fraction of sp³-hybridized carbons (Fsp3) is 0.450. The van der Waals surface area contributed by atoms with E-state index in [-0.39, 0.29) is 5.97 Å². The third kappa shape index (κ3) is 2.63. The Labute approximate surface area is 132 Å². The second-order valence-electron chi connectivity index (χ2n) is 6.52. The fourth-order valence-electron chi connectivity index (χ4n) is 3.66. The van der Waals surface area contributed by atoms with Gasteiger partial charge in [-0.05, 0) is 49.3 Å². The van der Waals surface area contributed by atoms with Gasteiger partial charge in [-0.3, -0.25) is 0 Å². The Kier molecular flexibility index (Phi) is 3.94. The zero-order valence-corrected chi connectivity index (χ0v) is 13.7. The third-order valence-electron chi connectivity index (χ3n) is 5.13. The summed E-state index contributed by atoms with van der Waals surface area (Å²) in [5, 5.41) is 0.